The fourth-order valence-corrected chi connectivity index (χ4v) is 0.687. The SMILES string of the molecule is COCC(C)OCCC(C)=O. The van der Waals surface area contributed by atoms with E-state index in [9.17, 15) is 4.79 Å². The molecule has 11 heavy (non-hydrogen) atoms. The predicted molar refractivity (Wildman–Crippen MR) is 42.6 cm³/mol. The van der Waals surface area contributed by atoms with Gasteiger partial charge in [0.05, 0.1) is 19.3 Å². The summed E-state index contributed by atoms with van der Waals surface area (Å²) in [5, 5.41) is 0. The van der Waals surface area contributed by atoms with Crippen LogP contribution in [0.15, 0.2) is 0 Å². The van der Waals surface area contributed by atoms with Crippen molar-refractivity contribution >= 4 is 5.78 Å². The van der Waals surface area contributed by atoms with Gasteiger partial charge in [-0.05, 0) is 13.8 Å². The molecule has 0 heterocycles. The largest absolute Gasteiger partial charge is 0.382 e. The second kappa shape index (κ2) is 6.31. The Kier molecular flexibility index (Phi) is 6.07. The number of carbonyl (C=O) groups is 1. The number of hydrogen-bond donors (Lipinski definition) is 0. The lowest BCUT2D eigenvalue weighted by molar-refractivity contribution is -0.118. The van der Waals surface area contributed by atoms with Crippen molar-refractivity contribution in [2.45, 2.75) is 26.4 Å². The van der Waals surface area contributed by atoms with E-state index in [0.717, 1.165) is 0 Å². The van der Waals surface area contributed by atoms with Gasteiger partial charge in [0.2, 0.25) is 0 Å². The van der Waals surface area contributed by atoms with Gasteiger partial charge in [-0.3, -0.25) is 4.79 Å². The number of rotatable bonds is 6. The monoisotopic (exact) mass is 160 g/mol. The molecule has 0 aliphatic rings. The highest BCUT2D eigenvalue weighted by molar-refractivity contribution is 5.75. The van der Waals surface area contributed by atoms with E-state index in [4.69, 9.17) is 9.47 Å². The van der Waals surface area contributed by atoms with Crippen LogP contribution in [0, 0.1) is 0 Å². The van der Waals surface area contributed by atoms with Gasteiger partial charge in [-0.25, -0.2) is 0 Å². The van der Waals surface area contributed by atoms with Crippen LogP contribution in [0.2, 0.25) is 0 Å². The Hall–Kier alpha value is -0.410. The molecule has 0 aromatic heterocycles. The number of ketones is 1. The zero-order valence-corrected chi connectivity index (χ0v) is 7.42. The second-order valence-corrected chi connectivity index (χ2v) is 2.59. The first-order valence-corrected chi connectivity index (χ1v) is 3.76. The standard InChI is InChI=1S/C8H16O3/c1-7(9)4-5-11-8(2)6-10-3/h8H,4-6H2,1-3H3. The molecule has 0 fully saturated rings. The summed E-state index contributed by atoms with van der Waals surface area (Å²) in [5.74, 6) is 0.162. The maximum atomic E-state index is 10.5. The Morgan fingerprint density at radius 1 is 1.55 bits per heavy atom. The zero-order valence-electron chi connectivity index (χ0n) is 7.42. The molecule has 3 nitrogen and oxygen atoms in total. The maximum Gasteiger partial charge on any atom is 0.132 e. The topological polar surface area (TPSA) is 35.5 Å². The third-order valence-corrected chi connectivity index (χ3v) is 1.26. The van der Waals surface area contributed by atoms with Crippen LogP contribution >= 0.6 is 0 Å². The summed E-state index contributed by atoms with van der Waals surface area (Å²) in [5.41, 5.74) is 0. The average molecular weight is 160 g/mol. The lowest BCUT2D eigenvalue weighted by Gasteiger charge is -2.10. The number of Topliss-reactive ketones (excluding diaryl/α,β-unsaturated/α-hetero) is 1. The van der Waals surface area contributed by atoms with E-state index in [1.165, 1.54) is 0 Å². The predicted octanol–water partition coefficient (Wildman–Crippen LogP) is 1.02. The van der Waals surface area contributed by atoms with Crippen molar-refractivity contribution in [2.75, 3.05) is 20.3 Å². The van der Waals surface area contributed by atoms with Crippen LogP contribution in [0.1, 0.15) is 20.3 Å². The van der Waals surface area contributed by atoms with Gasteiger partial charge in [0.25, 0.3) is 0 Å². The van der Waals surface area contributed by atoms with Crippen LogP contribution in [-0.4, -0.2) is 32.2 Å². The van der Waals surface area contributed by atoms with Gasteiger partial charge < -0.3 is 9.47 Å². The van der Waals surface area contributed by atoms with Crippen molar-refractivity contribution < 1.29 is 14.3 Å². The molecule has 0 saturated carbocycles. The highest BCUT2D eigenvalue weighted by atomic mass is 16.5. The van der Waals surface area contributed by atoms with Crippen molar-refractivity contribution in [1.82, 2.24) is 0 Å². The molecule has 0 aromatic carbocycles. The summed E-state index contributed by atoms with van der Waals surface area (Å²) in [4.78, 5) is 10.5. The highest BCUT2D eigenvalue weighted by Gasteiger charge is 2.00. The molecule has 0 radical (unpaired) electrons. The van der Waals surface area contributed by atoms with Crippen LogP contribution in [0.25, 0.3) is 0 Å². The summed E-state index contributed by atoms with van der Waals surface area (Å²) in [7, 11) is 1.63. The molecule has 0 aliphatic heterocycles. The highest BCUT2D eigenvalue weighted by Crippen LogP contribution is 1.93. The number of hydrogen-bond acceptors (Lipinski definition) is 3. The minimum absolute atomic E-state index is 0.0827. The molecule has 0 spiro atoms. The van der Waals surface area contributed by atoms with E-state index in [-0.39, 0.29) is 11.9 Å². The molecule has 3 heteroatoms. The van der Waals surface area contributed by atoms with Gasteiger partial charge in [0.15, 0.2) is 0 Å². The van der Waals surface area contributed by atoms with Gasteiger partial charge in [-0.2, -0.15) is 0 Å². The van der Waals surface area contributed by atoms with Gasteiger partial charge in [-0.15, -0.1) is 0 Å². The van der Waals surface area contributed by atoms with E-state index in [1.807, 2.05) is 6.92 Å². The Morgan fingerprint density at radius 3 is 2.64 bits per heavy atom. The van der Waals surface area contributed by atoms with Gasteiger partial charge in [0.1, 0.15) is 5.78 Å². The fourth-order valence-electron chi connectivity index (χ4n) is 0.687. The van der Waals surface area contributed by atoms with Crippen LogP contribution in [-0.2, 0) is 14.3 Å². The van der Waals surface area contributed by atoms with E-state index in [0.29, 0.717) is 19.6 Å². The lowest BCUT2D eigenvalue weighted by Crippen LogP contribution is -2.16. The van der Waals surface area contributed by atoms with Crippen molar-refractivity contribution in [3.05, 3.63) is 0 Å². The van der Waals surface area contributed by atoms with Crippen molar-refractivity contribution in [2.24, 2.45) is 0 Å². The Balaban J connectivity index is 3.16. The third-order valence-electron chi connectivity index (χ3n) is 1.26. The normalized spacial score (nSPS) is 13.0. The van der Waals surface area contributed by atoms with Crippen molar-refractivity contribution in [3.8, 4) is 0 Å². The molecular weight excluding hydrogens is 144 g/mol. The Morgan fingerprint density at radius 2 is 2.18 bits per heavy atom. The number of carbonyl (C=O) groups excluding carboxylic acids is 1. The Bertz CT molecular complexity index is 112. The van der Waals surface area contributed by atoms with Crippen molar-refractivity contribution in [3.63, 3.8) is 0 Å². The lowest BCUT2D eigenvalue weighted by atomic mass is 10.3. The molecule has 0 rings (SSSR count). The summed E-state index contributed by atoms with van der Waals surface area (Å²) < 4.78 is 10.1. The zero-order chi connectivity index (χ0) is 8.69. The molecule has 1 unspecified atom stereocenters. The van der Waals surface area contributed by atoms with Crippen LogP contribution < -0.4 is 0 Å². The summed E-state index contributed by atoms with van der Waals surface area (Å²) in [6, 6.07) is 0. The number of ether oxygens (including phenoxy) is 2. The smallest absolute Gasteiger partial charge is 0.132 e. The summed E-state index contributed by atoms with van der Waals surface area (Å²) in [6.07, 6.45) is 0.577. The summed E-state index contributed by atoms with van der Waals surface area (Å²) >= 11 is 0. The first-order valence-electron chi connectivity index (χ1n) is 3.76. The van der Waals surface area contributed by atoms with Gasteiger partial charge in [-0.1, -0.05) is 0 Å². The average Bonchev–Trinajstić information content (AvgIpc) is 1.87. The van der Waals surface area contributed by atoms with Crippen LogP contribution in [0.5, 0.6) is 0 Å². The molecule has 0 N–H and O–H groups in total. The first-order chi connectivity index (χ1) is 5.16. The molecule has 0 saturated heterocycles. The quantitative estimate of drug-likeness (QED) is 0.582. The molecule has 0 aliphatic carbocycles. The minimum atomic E-state index is 0.0827. The van der Waals surface area contributed by atoms with Crippen molar-refractivity contribution in [1.29, 1.82) is 0 Å². The third kappa shape index (κ3) is 7.49. The first kappa shape index (κ1) is 10.6. The second-order valence-electron chi connectivity index (χ2n) is 2.59. The van der Waals surface area contributed by atoms with E-state index in [2.05, 4.69) is 0 Å². The fraction of sp³-hybridized carbons (Fsp3) is 0.875. The van der Waals surface area contributed by atoms with Gasteiger partial charge in [0, 0.05) is 13.5 Å². The summed E-state index contributed by atoms with van der Waals surface area (Å²) in [6.45, 7) is 4.56. The molecule has 1 atom stereocenters. The van der Waals surface area contributed by atoms with Gasteiger partial charge >= 0.3 is 0 Å². The van der Waals surface area contributed by atoms with E-state index >= 15 is 0 Å². The number of methoxy groups -OCH3 is 1. The molecular formula is C8H16O3. The minimum Gasteiger partial charge on any atom is -0.382 e. The van der Waals surface area contributed by atoms with Crippen LogP contribution in [0.4, 0.5) is 0 Å². The Labute approximate surface area is 67.7 Å². The van der Waals surface area contributed by atoms with Crippen LogP contribution in [0.3, 0.4) is 0 Å². The maximum absolute atomic E-state index is 10.5. The van der Waals surface area contributed by atoms with E-state index in [1.54, 1.807) is 14.0 Å². The molecule has 0 aromatic rings. The molecule has 0 amide bonds. The van der Waals surface area contributed by atoms with E-state index < -0.39 is 0 Å². The molecule has 0 bridgehead atoms. The molecule has 66 valence electrons.